The zero-order valence-corrected chi connectivity index (χ0v) is 29.8. The summed E-state index contributed by atoms with van der Waals surface area (Å²) in [5.74, 6) is 0. The Kier molecular flexibility index (Phi) is 20.1. The number of aryl methyl sites for hydroxylation is 2. The van der Waals surface area contributed by atoms with E-state index in [2.05, 4.69) is 49.0 Å². The van der Waals surface area contributed by atoms with Crippen molar-refractivity contribution in [3.8, 4) is 0 Å². The number of urea groups is 2. The maximum absolute atomic E-state index is 12.3. The number of amides is 4. The summed E-state index contributed by atoms with van der Waals surface area (Å²) in [6, 6.07) is 21.2. The van der Waals surface area contributed by atoms with Gasteiger partial charge in [-0.1, -0.05) is 89.8 Å². The summed E-state index contributed by atoms with van der Waals surface area (Å²) < 4.78 is 1.42. The van der Waals surface area contributed by atoms with Crippen LogP contribution in [0.2, 0.25) is 0 Å². The molecule has 0 spiro atoms. The number of halogens is 1. The molecular weight excluding hydrogens is 594 g/mol. The first-order valence-corrected chi connectivity index (χ1v) is 17.0. The zero-order chi connectivity index (χ0) is 32.9. The molecule has 3 aromatic carbocycles. The van der Waals surface area contributed by atoms with Gasteiger partial charge in [0.2, 0.25) is 0 Å². The number of benzene rings is 3. The highest BCUT2D eigenvalue weighted by molar-refractivity contribution is 6.06. The van der Waals surface area contributed by atoms with E-state index in [4.69, 9.17) is 0 Å². The van der Waals surface area contributed by atoms with Crippen molar-refractivity contribution >= 4 is 34.8 Å². The first-order valence-electron chi connectivity index (χ1n) is 17.0. The molecule has 4 amide bonds. The number of carbonyl (C=O) groups excluding carboxylic acids is 2. The topological polar surface area (TPSA) is 82.3 Å². The standard InChI is InChI=1S/C22H22N4O2.C16H36N.ClH/c1-15-7-5-9-17(13-15)23-21(27)25-19-11-3-4-12-20(19)26-22(28)24-18-10-6-8-16(2)14-18;1-5-9-13-17(14-10-6-2,15-11-7-3)16-12-8-4;/h3-14H,1-2H3,(H2,23,25,27)(H2,24,26,28);5-16H2,1-4H3;1H/q;+1;/p-1. The molecule has 0 radical (unpaired) electrons. The van der Waals surface area contributed by atoms with Crippen molar-refractivity contribution in [2.24, 2.45) is 0 Å². The van der Waals surface area contributed by atoms with Crippen LogP contribution >= 0.6 is 0 Å². The average molecular weight is 652 g/mol. The van der Waals surface area contributed by atoms with Crippen LogP contribution in [0.15, 0.2) is 72.8 Å². The van der Waals surface area contributed by atoms with E-state index >= 15 is 0 Å². The number of nitrogens with one attached hydrogen (secondary N) is 4. The molecule has 0 fully saturated rings. The molecule has 3 rings (SSSR count). The maximum atomic E-state index is 12.3. The largest absolute Gasteiger partial charge is 1.00 e. The van der Waals surface area contributed by atoms with Gasteiger partial charge in [-0.2, -0.15) is 0 Å². The molecule has 0 aromatic heterocycles. The Balaban J connectivity index is 0.000000510. The van der Waals surface area contributed by atoms with Gasteiger partial charge >= 0.3 is 12.1 Å². The molecule has 0 aliphatic carbocycles. The smallest absolute Gasteiger partial charge is 0.323 e. The molecule has 46 heavy (non-hydrogen) atoms. The van der Waals surface area contributed by atoms with Gasteiger partial charge in [0.15, 0.2) is 0 Å². The van der Waals surface area contributed by atoms with Crippen molar-refractivity contribution in [1.82, 2.24) is 0 Å². The van der Waals surface area contributed by atoms with E-state index in [1.165, 1.54) is 82.0 Å². The van der Waals surface area contributed by atoms with Gasteiger partial charge in [-0.15, -0.1) is 0 Å². The number of nitrogens with zero attached hydrogens (tertiary/aromatic N) is 1. The van der Waals surface area contributed by atoms with Crippen LogP contribution in [-0.2, 0) is 0 Å². The number of rotatable bonds is 16. The molecule has 254 valence electrons. The van der Waals surface area contributed by atoms with Crippen molar-refractivity contribution in [3.63, 3.8) is 0 Å². The fourth-order valence-corrected chi connectivity index (χ4v) is 5.36. The fraction of sp³-hybridized carbons (Fsp3) is 0.474. The Labute approximate surface area is 284 Å². The van der Waals surface area contributed by atoms with Gasteiger partial charge in [-0.3, -0.25) is 0 Å². The van der Waals surface area contributed by atoms with Crippen molar-refractivity contribution in [3.05, 3.63) is 83.9 Å². The van der Waals surface area contributed by atoms with Crippen molar-refractivity contribution in [2.75, 3.05) is 47.4 Å². The van der Waals surface area contributed by atoms with Crippen LogP contribution in [0.25, 0.3) is 0 Å². The van der Waals surface area contributed by atoms with Crippen LogP contribution in [0.3, 0.4) is 0 Å². The van der Waals surface area contributed by atoms with E-state index < -0.39 is 0 Å². The number of hydrogen-bond donors (Lipinski definition) is 4. The summed E-state index contributed by atoms with van der Waals surface area (Å²) in [5.41, 5.74) is 4.47. The second kappa shape index (κ2) is 22.9. The Hall–Kier alpha value is -3.55. The predicted molar refractivity (Wildman–Crippen MR) is 193 cm³/mol. The van der Waals surface area contributed by atoms with E-state index in [1.807, 2.05) is 62.4 Å². The van der Waals surface area contributed by atoms with Crippen LogP contribution < -0.4 is 33.7 Å². The van der Waals surface area contributed by atoms with Crippen molar-refractivity contribution in [1.29, 1.82) is 0 Å². The summed E-state index contributed by atoms with van der Waals surface area (Å²) in [5, 5.41) is 11.1. The third-order valence-corrected chi connectivity index (χ3v) is 7.92. The average Bonchev–Trinajstić information content (AvgIpc) is 3.01. The first-order chi connectivity index (χ1) is 21.7. The number of carbonyl (C=O) groups is 2. The van der Waals surface area contributed by atoms with Crippen molar-refractivity contribution in [2.45, 2.75) is 92.9 Å². The lowest BCUT2D eigenvalue weighted by molar-refractivity contribution is -0.929. The first kappa shape index (κ1) is 40.5. The summed E-state index contributed by atoms with van der Waals surface area (Å²) in [6.07, 6.45) is 11.1. The molecule has 0 saturated heterocycles. The summed E-state index contributed by atoms with van der Waals surface area (Å²) in [7, 11) is 0. The van der Waals surface area contributed by atoms with Crippen LogP contribution in [0.5, 0.6) is 0 Å². The number of unbranched alkanes of at least 4 members (excludes halogenated alkanes) is 4. The molecule has 0 saturated carbocycles. The van der Waals surface area contributed by atoms with E-state index in [0.717, 1.165) is 11.1 Å². The van der Waals surface area contributed by atoms with Crippen molar-refractivity contribution < 1.29 is 26.5 Å². The number of para-hydroxylation sites is 2. The second-order valence-corrected chi connectivity index (χ2v) is 12.1. The van der Waals surface area contributed by atoms with Gasteiger partial charge in [-0.25, -0.2) is 9.59 Å². The molecule has 4 N–H and O–H groups in total. The third kappa shape index (κ3) is 15.6. The molecule has 0 heterocycles. The fourth-order valence-electron chi connectivity index (χ4n) is 5.36. The van der Waals surface area contributed by atoms with E-state index in [0.29, 0.717) is 22.7 Å². The minimum Gasteiger partial charge on any atom is -1.00 e. The summed E-state index contributed by atoms with van der Waals surface area (Å²) >= 11 is 0. The maximum Gasteiger partial charge on any atom is 0.323 e. The molecule has 8 heteroatoms. The predicted octanol–water partition coefficient (Wildman–Crippen LogP) is 7.60. The monoisotopic (exact) mass is 651 g/mol. The summed E-state index contributed by atoms with van der Waals surface area (Å²) in [4.78, 5) is 24.6. The Bertz CT molecular complexity index is 1180. The lowest BCUT2D eigenvalue weighted by atomic mass is 10.1. The Morgan fingerprint density at radius 3 is 1.17 bits per heavy atom. The SMILES string of the molecule is CCCC[N+](CCCC)(CCCC)CCCC.Cc1cccc(NC(=O)Nc2ccccc2NC(=O)Nc2cccc(C)c2)c1.[Cl-]. The zero-order valence-electron chi connectivity index (χ0n) is 29.1. The number of hydrogen-bond acceptors (Lipinski definition) is 2. The molecule has 0 unspecified atom stereocenters. The lowest BCUT2D eigenvalue weighted by Crippen LogP contribution is -3.00. The Morgan fingerprint density at radius 1 is 0.522 bits per heavy atom. The highest BCUT2D eigenvalue weighted by atomic mass is 35.5. The van der Waals surface area contributed by atoms with Crippen LogP contribution in [-0.4, -0.2) is 42.7 Å². The van der Waals surface area contributed by atoms with Gasteiger partial charge in [0.05, 0.1) is 37.6 Å². The van der Waals surface area contributed by atoms with Gasteiger partial charge in [0, 0.05) is 11.4 Å². The number of anilines is 4. The molecule has 0 atom stereocenters. The molecule has 0 aliphatic heterocycles. The van der Waals surface area contributed by atoms with Gasteiger partial charge in [-0.05, 0) is 87.1 Å². The molecule has 7 nitrogen and oxygen atoms in total. The summed E-state index contributed by atoms with van der Waals surface area (Å²) in [6.45, 7) is 18.9. The molecule has 0 bridgehead atoms. The quantitative estimate of drug-likeness (QED) is 0.120. The van der Waals surface area contributed by atoms with Gasteiger partial charge in [0.25, 0.3) is 0 Å². The number of quaternary nitrogens is 1. The van der Waals surface area contributed by atoms with Crippen LogP contribution in [0.4, 0.5) is 32.3 Å². The molecular formula is C38H58ClN5O2. The van der Waals surface area contributed by atoms with Crippen LogP contribution in [0, 0.1) is 13.8 Å². The van der Waals surface area contributed by atoms with E-state index in [-0.39, 0.29) is 24.5 Å². The molecule has 0 aliphatic rings. The van der Waals surface area contributed by atoms with Crippen LogP contribution in [0.1, 0.15) is 90.2 Å². The second-order valence-electron chi connectivity index (χ2n) is 12.1. The van der Waals surface area contributed by atoms with Gasteiger partial charge in [0.1, 0.15) is 0 Å². The highest BCUT2D eigenvalue weighted by Crippen LogP contribution is 2.22. The lowest BCUT2D eigenvalue weighted by Gasteiger charge is -2.39. The third-order valence-electron chi connectivity index (χ3n) is 7.92. The van der Waals surface area contributed by atoms with Gasteiger partial charge < -0.3 is 38.2 Å². The van der Waals surface area contributed by atoms with E-state index in [1.54, 1.807) is 24.3 Å². The minimum atomic E-state index is -0.390. The highest BCUT2D eigenvalue weighted by Gasteiger charge is 2.24. The minimum absolute atomic E-state index is 0. The van der Waals surface area contributed by atoms with E-state index in [9.17, 15) is 9.59 Å². The molecule has 3 aromatic rings. The Morgan fingerprint density at radius 2 is 0.870 bits per heavy atom. The normalized spacial score (nSPS) is 10.6.